The van der Waals surface area contributed by atoms with Gasteiger partial charge in [-0.25, -0.2) is 4.79 Å². The van der Waals surface area contributed by atoms with Gasteiger partial charge in [-0.1, -0.05) is 44.7 Å². The van der Waals surface area contributed by atoms with Crippen LogP contribution >= 0.6 is 12.4 Å². The lowest BCUT2D eigenvalue weighted by Gasteiger charge is -2.52. The smallest absolute Gasteiger partial charge is 0.335 e. The maximum atomic E-state index is 13.9. The Bertz CT molecular complexity index is 1340. The molecule has 46 heavy (non-hydrogen) atoms. The number of carbonyl (C=O) groups excluding carboxylic acids is 2. The number of piperidine rings is 1. The SMILES string of the molecule is CCCCN1C(=O)[C@@H](C(O)C2CCCCC2)NC(=O)C12CCN(Cc1ccc(Oc3ccc(C(=O)O)cc3OCC)cc1)CC2.Cl. The number of nitrogens with one attached hydrogen (secondary N) is 1. The summed E-state index contributed by atoms with van der Waals surface area (Å²) in [5.74, 6) is 0.191. The number of rotatable bonds is 12. The minimum absolute atomic E-state index is 0. The van der Waals surface area contributed by atoms with Gasteiger partial charge in [0.25, 0.3) is 0 Å². The number of carboxylic acids is 1. The van der Waals surface area contributed by atoms with E-state index in [0.717, 1.165) is 50.5 Å². The van der Waals surface area contributed by atoms with E-state index in [2.05, 4.69) is 17.1 Å². The number of hydrogen-bond donors (Lipinski definition) is 3. The number of halogens is 1. The molecule has 0 bridgehead atoms. The molecule has 5 rings (SSSR count). The van der Waals surface area contributed by atoms with Crippen molar-refractivity contribution in [3.8, 4) is 17.2 Å². The van der Waals surface area contributed by atoms with E-state index in [9.17, 15) is 24.6 Å². The molecule has 2 aromatic rings. The predicted molar refractivity (Wildman–Crippen MR) is 177 cm³/mol. The number of nitrogens with zero attached hydrogens (tertiary/aromatic N) is 2. The number of amides is 2. The number of aromatic carboxylic acids is 1. The van der Waals surface area contributed by atoms with Crippen LogP contribution in [-0.2, 0) is 16.1 Å². The molecule has 1 aliphatic carbocycles. The third-order valence-corrected chi connectivity index (χ3v) is 9.70. The molecular formula is C35H48ClN3O7. The van der Waals surface area contributed by atoms with Crippen LogP contribution in [0.5, 0.6) is 17.2 Å². The quantitative estimate of drug-likeness (QED) is 0.277. The van der Waals surface area contributed by atoms with Crippen molar-refractivity contribution in [1.29, 1.82) is 0 Å². The second kappa shape index (κ2) is 16.0. The molecule has 11 heteroatoms. The fourth-order valence-electron chi connectivity index (χ4n) is 7.08. The number of ether oxygens (including phenoxy) is 2. The third kappa shape index (κ3) is 7.78. The number of carboxylic acid groups (broad SMARTS) is 1. The van der Waals surface area contributed by atoms with Crippen LogP contribution in [0.1, 0.15) is 87.6 Å². The maximum Gasteiger partial charge on any atom is 0.335 e. The van der Waals surface area contributed by atoms with E-state index >= 15 is 0 Å². The molecule has 10 nitrogen and oxygen atoms in total. The molecule has 3 aliphatic rings. The minimum atomic E-state index is -1.03. The summed E-state index contributed by atoms with van der Waals surface area (Å²) in [5, 5.41) is 23.5. The van der Waals surface area contributed by atoms with E-state index in [0.29, 0.717) is 62.9 Å². The Labute approximate surface area is 277 Å². The van der Waals surface area contributed by atoms with Crippen LogP contribution < -0.4 is 14.8 Å². The summed E-state index contributed by atoms with van der Waals surface area (Å²) in [4.78, 5) is 43.1. The Morgan fingerprint density at radius 2 is 1.72 bits per heavy atom. The second-order valence-corrected chi connectivity index (χ2v) is 12.6. The van der Waals surface area contributed by atoms with E-state index in [-0.39, 0.29) is 35.7 Å². The summed E-state index contributed by atoms with van der Waals surface area (Å²) >= 11 is 0. The predicted octanol–water partition coefficient (Wildman–Crippen LogP) is 5.40. The van der Waals surface area contributed by atoms with Gasteiger partial charge in [0.05, 0.1) is 18.3 Å². The molecule has 1 spiro atoms. The summed E-state index contributed by atoms with van der Waals surface area (Å²) in [5.41, 5.74) is 0.342. The number of carbonyl (C=O) groups is 3. The average Bonchev–Trinajstić information content (AvgIpc) is 3.05. The first-order chi connectivity index (χ1) is 21.8. The summed E-state index contributed by atoms with van der Waals surface area (Å²) in [6.45, 7) is 6.86. The van der Waals surface area contributed by atoms with Gasteiger partial charge in [-0.05, 0) is 80.8 Å². The first kappa shape index (κ1) is 35.5. The topological polar surface area (TPSA) is 129 Å². The molecule has 2 aromatic carbocycles. The van der Waals surface area contributed by atoms with Crippen molar-refractivity contribution >= 4 is 30.2 Å². The lowest BCUT2D eigenvalue weighted by atomic mass is 9.78. The summed E-state index contributed by atoms with van der Waals surface area (Å²) in [6, 6.07) is 11.4. The van der Waals surface area contributed by atoms with Gasteiger partial charge < -0.3 is 29.9 Å². The highest BCUT2D eigenvalue weighted by Crippen LogP contribution is 2.37. The van der Waals surface area contributed by atoms with Gasteiger partial charge in [-0.3, -0.25) is 14.5 Å². The summed E-state index contributed by atoms with van der Waals surface area (Å²) in [6.07, 6.45) is 7.08. The van der Waals surface area contributed by atoms with Gasteiger partial charge >= 0.3 is 5.97 Å². The highest BCUT2D eigenvalue weighted by Gasteiger charge is 2.55. The zero-order chi connectivity index (χ0) is 32.0. The zero-order valence-corrected chi connectivity index (χ0v) is 27.7. The van der Waals surface area contributed by atoms with Gasteiger partial charge in [0.2, 0.25) is 11.8 Å². The van der Waals surface area contributed by atoms with Crippen LogP contribution in [0.3, 0.4) is 0 Å². The molecule has 2 saturated heterocycles. The van der Waals surface area contributed by atoms with Crippen LogP contribution in [0.2, 0.25) is 0 Å². The van der Waals surface area contributed by atoms with Gasteiger partial charge in [-0.15, -0.1) is 12.4 Å². The minimum Gasteiger partial charge on any atom is -0.490 e. The Hall–Kier alpha value is -3.34. The number of likely N-dealkylation sites (tertiary alicyclic amines) is 1. The molecular weight excluding hydrogens is 610 g/mol. The Morgan fingerprint density at radius 1 is 1.02 bits per heavy atom. The molecule has 2 atom stereocenters. The average molecular weight is 658 g/mol. The first-order valence-corrected chi connectivity index (χ1v) is 16.6. The molecule has 2 heterocycles. The molecule has 3 N–H and O–H groups in total. The molecule has 0 aromatic heterocycles. The Balaban J connectivity index is 0.00000480. The molecule has 1 unspecified atom stereocenters. The molecule has 1 saturated carbocycles. The van der Waals surface area contributed by atoms with Crippen LogP contribution in [0, 0.1) is 5.92 Å². The van der Waals surface area contributed by atoms with Crippen molar-refractivity contribution in [2.24, 2.45) is 5.92 Å². The lowest BCUT2D eigenvalue weighted by Crippen LogP contribution is -2.75. The monoisotopic (exact) mass is 657 g/mol. The van der Waals surface area contributed by atoms with Crippen molar-refractivity contribution < 1.29 is 34.1 Å². The number of piperazine rings is 1. The van der Waals surface area contributed by atoms with E-state index in [4.69, 9.17) is 9.47 Å². The highest BCUT2D eigenvalue weighted by atomic mass is 35.5. The summed E-state index contributed by atoms with van der Waals surface area (Å²) < 4.78 is 11.6. The van der Waals surface area contributed by atoms with Crippen LogP contribution in [0.25, 0.3) is 0 Å². The fraction of sp³-hybridized carbons (Fsp3) is 0.571. The van der Waals surface area contributed by atoms with Crippen molar-refractivity contribution in [3.63, 3.8) is 0 Å². The third-order valence-electron chi connectivity index (χ3n) is 9.70. The molecule has 3 fully saturated rings. The van der Waals surface area contributed by atoms with E-state index in [1.807, 2.05) is 36.1 Å². The molecule has 252 valence electrons. The van der Waals surface area contributed by atoms with E-state index in [1.54, 1.807) is 6.07 Å². The number of hydrogen-bond acceptors (Lipinski definition) is 7. The van der Waals surface area contributed by atoms with Crippen LogP contribution in [0.15, 0.2) is 42.5 Å². The van der Waals surface area contributed by atoms with Gasteiger partial charge in [0.1, 0.15) is 17.3 Å². The largest absolute Gasteiger partial charge is 0.490 e. The van der Waals surface area contributed by atoms with Crippen molar-refractivity contribution in [1.82, 2.24) is 15.1 Å². The normalized spacial score (nSPS) is 20.9. The fourth-order valence-corrected chi connectivity index (χ4v) is 7.08. The summed E-state index contributed by atoms with van der Waals surface area (Å²) in [7, 11) is 0. The molecule has 2 aliphatic heterocycles. The maximum absolute atomic E-state index is 13.9. The number of unbranched alkanes of at least 4 members (excludes halogenated alkanes) is 1. The number of benzene rings is 2. The zero-order valence-electron chi connectivity index (χ0n) is 26.9. The van der Waals surface area contributed by atoms with Gasteiger partial charge in [-0.2, -0.15) is 0 Å². The van der Waals surface area contributed by atoms with E-state index < -0.39 is 23.7 Å². The van der Waals surface area contributed by atoms with Gasteiger partial charge in [0, 0.05) is 26.2 Å². The Kier molecular flexibility index (Phi) is 12.3. The van der Waals surface area contributed by atoms with Crippen LogP contribution in [0.4, 0.5) is 0 Å². The first-order valence-electron chi connectivity index (χ1n) is 16.6. The standard InChI is InChI=1S/C35H47N3O7.ClH/c1-3-5-19-38-32(40)30(31(39)25-9-7-6-8-10-25)36-34(43)35(38)17-20-37(21-18-35)23-24-11-14-27(15-12-24)45-28-16-13-26(33(41)42)22-29(28)44-4-2;/h11-16,22,25,30-31,39H,3-10,17-21,23H2,1-2H3,(H,36,43)(H,41,42);1H/t30-,31?;/m1./s1. The van der Waals surface area contributed by atoms with Crippen molar-refractivity contribution in [2.75, 3.05) is 26.2 Å². The Morgan fingerprint density at radius 3 is 2.35 bits per heavy atom. The molecule has 0 radical (unpaired) electrons. The lowest BCUT2D eigenvalue weighted by molar-refractivity contribution is -0.166. The van der Waals surface area contributed by atoms with Crippen LogP contribution in [-0.4, -0.2) is 81.7 Å². The van der Waals surface area contributed by atoms with Gasteiger partial charge in [0.15, 0.2) is 11.5 Å². The van der Waals surface area contributed by atoms with Crippen molar-refractivity contribution in [3.05, 3.63) is 53.6 Å². The number of aliphatic hydroxyl groups is 1. The van der Waals surface area contributed by atoms with E-state index in [1.165, 1.54) is 12.1 Å². The number of aliphatic hydroxyl groups excluding tert-OH is 1. The second-order valence-electron chi connectivity index (χ2n) is 12.6. The van der Waals surface area contributed by atoms with Crippen molar-refractivity contribution in [2.45, 2.75) is 95.9 Å². The molecule has 2 amide bonds. The highest BCUT2D eigenvalue weighted by molar-refractivity contribution is 6.00.